The van der Waals surface area contributed by atoms with Crippen molar-refractivity contribution in [3.8, 4) is 0 Å². The highest BCUT2D eigenvalue weighted by molar-refractivity contribution is 7.99. The molecular formula is C16H12S2. The molecule has 0 aliphatic carbocycles. The van der Waals surface area contributed by atoms with Crippen LogP contribution < -0.4 is 0 Å². The quantitative estimate of drug-likeness (QED) is 0.617. The van der Waals surface area contributed by atoms with Crippen LogP contribution in [0.2, 0.25) is 0 Å². The lowest BCUT2D eigenvalue weighted by molar-refractivity contribution is 1.30. The summed E-state index contributed by atoms with van der Waals surface area (Å²) in [6, 6.07) is 23.0. The first-order chi connectivity index (χ1) is 8.84. The van der Waals surface area contributed by atoms with Crippen molar-refractivity contribution in [2.24, 2.45) is 0 Å². The molecule has 0 fully saturated rings. The fraction of sp³-hybridized carbons (Fsp3) is 0. The predicted octanol–water partition coefficient (Wildman–Crippen LogP) is 5.28. The van der Waals surface area contributed by atoms with Crippen molar-refractivity contribution < 1.29 is 0 Å². The van der Waals surface area contributed by atoms with E-state index in [1.54, 1.807) is 11.8 Å². The van der Waals surface area contributed by atoms with Gasteiger partial charge in [0.2, 0.25) is 0 Å². The average molecular weight is 268 g/mol. The molecule has 3 aromatic carbocycles. The largest absolute Gasteiger partial charge is 0.142 e. The third kappa shape index (κ3) is 2.26. The van der Waals surface area contributed by atoms with E-state index in [1.807, 2.05) is 6.07 Å². The molecule has 3 rings (SSSR count). The van der Waals surface area contributed by atoms with Gasteiger partial charge in [-0.05, 0) is 29.0 Å². The van der Waals surface area contributed by atoms with E-state index in [0.29, 0.717) is 0 Å². The molecule has 0 amide bonds. The van der Waals surface area contributed by atoms with Crippen LogP contribution in [0.5, 0.6) is 0 Å². The molecule has 0 saturated heterocycles. The molecule has 0 heterocycles. The van der Waals surface area contributed by atoms with Crippen LogP contribution in [-0.2, 0) is 0 Å². The Balaban J connectivity index is 2.05. The van der Waals surface area contributed by atoms with Crippen molar-refractivity contribution in [2.75, 3.05) is 0 Å². The number of rotatable bonds is 2. The molecule has 0 N–H and O–H groups in total. The van der Waals surface area contributed by atoms with Gasteiger partial charge in [0, 0.05) is 14.7 Å². The molecule has 0 spiro atoms. The van der Waals surface area contributed by atoms with Gasteiger partial charge < -0.3 is 0 Å². The van der Waals surface area contributed by atoms with Crippen molar-refractivity contribution >= 4 is 35.2 Å². The lowest BCUT2D eigenvalue weighted by Gasteiger charge is -2.08. The molecule has 0 nitrogen and oxygen atoms in total. The molecule has 3 aromatic rings. The van der Waals surface area contributed by atoms with Crippen molar-refractivity contribution in [2.45, 2.75) is 14.7 Å². The Hall–Kier alpha value is -1.38. The van der Waals surface area contributed by atoms with E-state index in [0.717, 1.165) is 4.90 Å². The van der Waals surface area contributed by atoms with E-state index in [9.17, 15) is 0 Å². The van der Waals surface area contributed by atoms with E-state index in [1.165, 1.54) is 20.6 Å². The Kier molecular flexibility index (Phi) is 3.31. The maximum atomic E-state index is 4.67. The Morgan fingerprint density at radius 3 is 2.28 bits per heavy atom. The van der Waals surface area contributed by atoms with Crippen LogP contribution in [0, 0.1) is 0 Å². The summed E-state index contributed by atoms with van der Waals surface area (Å²) in [6.45, 7) is 0. The number of benzene rings is 3. The van der Waals surface area contributed by atoms with Crippen LogP contribution in [0.4, 0.5) is 0 Å². The van der Waals surface area contributed by atoms with Gasteiger partial charge in [-0.25, -0.2) is 0 Å². The number of hydrogen-bond acceptors (Lipinski definition) is 2. The normalized spacial score (nSPS) is 10.7. The van der Waals surface area contributed by atoms with E-state index in [2.05, 4.69) is 73.3 Å². The van der Waals surface area contributed by atoms with Gasteiger partial charge in [0.25, 0.3) is 0 Å². The highest BCUT2D eigenvalue weighted by atomic mass is 32.2. The monoisotopic (exact) mass is 268 g/mol. The van der Waals surface area contributed by atoms with Crippen LogP contribution in [0.3, 0.4) is 0 Å². The Morgan fingerprint density at radius 2 is 1.44 bits per heavy atom. The average Bonchev–Trinajstić information content (AvgIpc) is 2.43. The smallest absolute Gasteiger partial charge is 0.0262 e. The third-order valence-electron chi connectivity index (χ3n) is 2.83. The Labute approximate surface area is 116 Å². The summed E-state index contributed by atoms with van der Waals surface area (Å²) in [5.74, 6) is 0. The molecule has 0 unspecified atom stereocenters. The molecule has 0 aliphatic rings. The van der Waals surface area contributed by atoms with Gasteiger partial charge in [0.05, 0.1) is 0 Å². The summed E-state index contributed by atoms with van der Waals surface area (Å²) in [4.78, 5) is 3.49. The number of hydrogen-bond donors (Lipinski definition) is 1. The van der Waals surface area contributed by atoms with Gasteiger partial charge in [-0.3, -0.25) is 0 Å². The summed E-state index contributed by atoms with van der Waals surface area (Å²) < 4.78 is 0. The zero-order valence-electron chi connectivity index (χ0n) is 9.71. The van der Waals surface area contributed by atoms with E-state index < -0.39 is 0 Å². The molecule has 0 atom stereocenters. The molecular weight excluding hydrogens is 256 g/mol. The fourth-order valence-corrected chi connectivity index (χ4v) is 3.24. The molecule has 2 heteroatoms. The standard InChI is InChI=1S/C16H12S2/c17-16-14-9-5-4-6-12(14)10-11-15(16)18-13-7-2-1-3-8-13/h1-11,17H. The topological polar surface area (TPSA) is 0 Å². The lowest BCUT2D eigenvalue weighted by Crippen LogP contribution is -1.80. The SMILES string of the molecule is Sc1c(Sc2ccccc2)ccc2ccccc12. The van der Waals surface area contributed by atoms with Gasteiger partial charge in [-0.2, -0.15) is 0 Å². The molecule has 0 aliphatic heterocycles. The van der Waals surface area contributed by atoms with Gasteiger partial charge in [-0.1, -0.05) is 60.3 Å². The van der Waals surface area contributed by atoms with E-state index in [4.69, 9.17) is 0 Å². The lowest BCUT2D eigenvalue weighted by atomic mass is 10.1. The minimum Gasteiger partial charge on any atom is -0.142 e. The van der Waals surface area contributed by atoms with Crippen LogP contribution in [-0.4, -0.2) is 0 Å². The second-order valence-corrected chi connectivity index (χ2v) is 5.61. The summed E-state index contributed by atoms with van der Waals surface area (Å²) in [7, 11) is 0. The molecule has 0 saturated carbocycles. The van der Waals surface area contributed by atoms with E-state index in [-0.39, 0.29) is 0 Å². The van der Waals surface area contributed by atoms with Gasteiger partial charge in [-0.15, -0.1) is 12.6 Å². The molecule has 0 radical (unpaired) electrons. The molecule has 18 heavy (non-hydrogen) atoms. The van der Waals surface area contributed by atoms with Crippen molar-refractivity contribution in [1.29, 1.82) is 0 Å². The highest BCUT2D eigenvalue weighted by Crippen LogP contribution is 2.36. The van der Waals surface area contributed by atoms with Crippen molar-refractivity contribution in [3.05, 3.63) is 66.7 Å². The Morgan fingerprint density at radius 1 is 0.722 bits per heavy atom. The van der Waals surface area contributed by atoms with Crippen LogP contribution in [0.15, 0.2) is 81.4 Å². The van der Waals surface area contributed by atoms with Gasteiger partial charge in [0.15, 0.2) is 0 Å². The first-order valence-corrected chi connectivity index (χ1v) is 7.04. The highest BCUT2D eigenvalue weighted by Gasteiger charge is 2.05. The first kappa shape index (κ1) is 11.7. The van der Waals surface area contributed by atoms with Gasteiger partial charge in [0.1, 0.15) is 0 Å². The van der Waals surface area contributed by atoms with Crippen LogP contribution in [0.25, 0.3) is 10.8 Å². The number of fused-ring (bicyclic) bond motifs is 1. The van der Waals surface area contributed by atoms with Crippen molar-refractivity contribution in [1.82, 2.24) is 0 Å². The van der Waals surface area contributed by atoms with Crippen LogP contribution >= 0.6 is 24.4 Å². The second kappa shape index (κ2) is 5.09. The van der Waals surface area contributed by atoms with Crippen LogP contribution in [0.1, 0.15) is 0 Å². The van der Waals surface area contributed by atoms with E-state index >= 15 is 0 Å². The molecule has 88 valence electrons. The minimum absolute atomic E-state index is 1.06. The number of thiol groups is 1. The van der Waals surface area contributed by atoms with Crippen molar-refractivity contribution in [3.63, 3.8) is 0 Å². The minimum atomic E-state index is 1.06. The summed E-state index contributed by atoms with van der Waals surface area (Å²) in [5.41, 5.74) is 0. The second-order valence-electron chi connectivity index (χ2n) is 4.05. The molecule has 0 bridgehead atoms. The zero-order valence-corrected chi connectivity index (χ0v) is 11.4. The third-order valence-corrected chi connectivity index (χ3v) is 4.54. The summed E-state index contributed by atoms with van der Waals surface area (Å²) >= 11 is 6.43. The zero-order chi connectivity index (χ0) is 12.4. The molecule has 0 aromatic heterocycles. The Bertz CT molecular complexity index is 675. The maximum Gasteiger partial charge on any atom is 0.0262 e. The summed E-state index contributed by atoms with van der Waals surface area (Å²) in [5, 5.41) is 2.45. The predicted molar refractivity (Wildman–Crippen MR) is 81.8 cm³/mol. The first-order valence-electron chi connectivity index (χ1n) is 5.78. The maximum absolute atomic E-state index is 4.67. The fourth-order valence-electron chi connectivity index (χ4n) is 1.93. The van der Waals surface area contributed by atoms with Gasteiger partial charge >= 0.3 is 0 Å². The summed E-state index contributed by atoms with van der Waals surface area (Å²) in [6.07, 6.45) is 0.